The molecule has 0 radical (unpaired) electrons. The van der Waals surface area contributed by atoms with Crippen LogP contribution in [0, 0.1) is 5.92 Å². The summed E-state index contributed by atoms with van der Waals surface area (Å²) in [6.07, 6.45) is 1.11. The predicted octanol–water partition coefficient (Wildman–Crippen LogP) is 3.73. The minimum Gasteiger partial charge on any atom is -0.388 e. The van der Waals surface area contributed by atoms with Crippen molar-refractivity contribution in [1.82, 2.24) is 0 Å². The zero-order chi connectivity index (χ0) is 13.1. The van der Waals surface area contributed by atoms with Gasteiger partial charge in [0.15, 0.2) is 6.29 Å². The molecule has 0 saturated carbocycles. The van der Waals surface area contributed by atoms with E-state index in [4.69, 9.17) is 0 Å². The van der Waals surface area contributed by atoms with Crippen LogP contribution < -0.4 is 0 Å². The van der Waals surface area contributed by atoms with Gasteiger partial charge in [-0.3, -0.25) is 4.79 Å². The highest BCUT2D eigenvalue weighted by molar-refractivity contribution is 5.99. The fraction of sp³-hybridized carbons (Fsp3) is 0.312. The molecule has 0 unspecified atom stereocenters. The summed E-state index contributed by atoms with van der Waals surface area (Å²) in [6.45, 7) is 4.18. The number of hydrogen-bond donors (Lipinski definition) is 1. The summed E-state index contributed by atoms with van der Waals surface area (Å²) in [7, 11) is 0. The third kappa shape index (κ3) is 2.44. The Morgan fingerprint density at radius 2 is 1.78 bits per heavy atom. The van der Waals surface area contributed by atoms with E-state index in [9.17, 15) is 9.90 Å². The lowest BCUT2D eigenvalue weighted by Gasteiger charge is -2.16. The summed E-state index contributed by atoms with van der Waals surface area (Å²) in [5.74, 6) is 0.435. The maximum atomic E-state index is 11.0. The Bertz CT molecular complexity index is 558. The van der Waals surface area contributed by atoms with E-state index >= 15 is 0 Å². The van der Waals surface area contributed by atoms with Gasteiger partial charge in [-0.25, -0.2) is 0 Å². The SMILES string of the molecule is CC(C)C[C@@H](O)c1ccc(C=O)c2ccccc12. The third-order valence-electron chi connectivity index (χ3n) is 3.17. The van der Waals surface area contributed by atoms with Crippen molar-refractivity contribution in [2.24, 2.45) is 5.92 Å². The zero-order valence-corrected chi connectivity index (χ0v) is 10.8. The normalized spacial score (nSPS) is 12.9. The molecule has 0 aromatic heterocycles. The summed E-state index contributed by atoms with van der Waals surface area (Å²) < 4.78 is 0. The zero-order valence-electron chi connectivity index (χ0n) is 10.8. The van der Waals surface area contributed by atoms with E-state index in [1.54, 1.807) is 6.07 Å². The highest BCUT2D eigenvalue weighted by atomic mass is 16.3. The van der Waals surface area contributed by atoms with Crippen molar-refractivity contribution in [3.63, 3.8) is 0 Å². The van der Waals surface area contributed by atoms with Crippen molar-refractivity contribution in [2.45, 2.75) is 26.4 Å². The van der Waals surface area contributed by atoms with Crippen molar-refractivity contribution in [3.8, 4) is 0 Å². The molecule has 0 fully saturated rings. The van der Waals surface area contributed by atoms with Crippen LogP contribution in [0.25, 0.3) is 10.8 Å². The average molecular weight is 242 g/mol. The molecule has 2 heteroatoms. The van der Waals surface area contributed by atoms with Gasteiger partial charge in [0, 0.05) is 5.56 Å². The molecule has 2 rings (SSSR count). The monoisotopic (exact) mass is 242 g/mol. The van der Waals surface area contributed by atoms with Crippen molar-refractivity contribution in [2.75, 3.05) is 0 Å². The molecule has 2 nitrogen and oxygen atoms in total. The van der Waals surface area contributed by atoms with Crippen LogP contribution in [0.3, 0.4) is 0 Å². The molecule has 0 saturated heterocycles. The van der Waals surface area contributed by atoms with Gasteiger partial charge >= 0.3 is 0 Å². The number of aliphatic hydroxyl groups is 1. The summed E-state index contributed by atoms with van der Waals surface area (Å²) in [5, 5.41) is 12.1. The van der Waals surface area contributed by atoms with Gasteiger partial charge in [0.2, 0.25) is 0 Å². The second kappa shape index (κ2) is 5.32. The van der Waals surface area contributed by atoms with Gasteiger partial charge in [-0.1, -0.05) is 50.2 Å². The Kier molecular flexibility index (Phi) is 3.78. The van der Waals surface area contributed by atoms with Crippen LogP contribution in [0.2, 0.25) is 0 Å². The fourth-order valence-electron chi connectivity index (χ4n) is 2.31. The minimum absolute atomic E-state index is 0.435. The van der Waals surface area contributed by atoms with Crippen LogP contribution in [0.15, 0.2) is 36.4 Å². The van der Waals surface area contributed by atoms with Gasteiger partial charge in [0.1, 0.15) is 0 Å². The first kappa shape index (κ1) is 12.8. The van der Waals surface area contributed by atoms with Crippen LogP contribution in [-0.4, -0.2) is 11.4 Å². The van der Waals surface area contributed by atoms with Gasteiger partial charge in [0.25, 0.3) is 0 Å². The molecule has 0 heterocycles. The van der Waals surface area contributed by atoms with Gasteiger partial charge < -0.3 is 5.11 Å². The van der Waals surface area contributed by atoms with E-state index in [1.807, 2.05) is 30.3 Å². The number of carbonyl (C=O) groups is 1. The first-order chi connectivity index (χ1) is 8.63. The van der Waals surface area contributed by atoms with Crippen molar-refractivity contribution >= 4 is 17.1 Å². The number of fused-ring (bicyclic) bond motifs is 1. The molecule has 2 aromatic rings. The predicted molar refractivity (Wildman–Crippen MR) is 73.8 cm³/mol. The van der Waals surface area contributed by atoms with E-state index in [1.165, 1.54) is 0 Å². The van der Waals surface area contributed by atoms with Crippen LogP contribution in [0.1, 0.15) is 42.3 Å². The van der Waals surface area contributed by atoms with Gasteiger partial charge in [-0.05, 0) is 28.7 Å². The third-order valence-corrected chi connectivity index (χ3v) is 3.17. The number of carbonyl (C=O) groups excluding carboxylic acids is 1. The van der Waals surface area contributed by atoms with Gasteiger partial charge in [0.05, 0.1) is 6.10 Å². The molecule has 0 aliphatic rings. The lowest BCUT2D eigenvalue weighted by atomic mass is 9.93. The highest BCUT2D eigenvalue weighted by Crippen LogP contribution is 2.29. The van der Waals surface area contributed by atoms with Crippen LogP contribution in [0.4, 0.5) is 0 Å². The summed E-state index contributed by atoms with van der Waals surface area (Å²) in [6, 6.07) is 11.4. The Morgan fingerprint density at radius 3 is 2.39 bits per heavy atom. The fourth-order valence-corrected chi connectivity index (χ4v) is 2.31. The van der Waals surface area contributed by atoms with Crippen LogP contribution in [0.5, 0.6) is 0 Å². The Morgan fingerprint density at radius 1 is 1.11 bits per heavy atom. The van der Waals surface area contributed by atoms with Gasteiger partial charge in [-0.2, -0.15) is 0 Å². The molecule has 0 amide bonds. The highest BCUT2D eigenvalue weighted by Gasteiger charge is 2.14. The van der Waals surface area contributed by atoms with Crippen molar-refractivity contribution in [1.29, 1.82) is 0 Å². The molecule has 94 valence electrons. The standard InChI is InChI=1S/C16H18O2/c1-11(2)9-16(18)15-8-7-12(10-17)13-5-3-4-6-14(13)15/h3-8,10-11,16,18H,9H2,1-2H3/t16-/m1/s1. The number of aldehydes is 1. The summed E-state index contributed by atoms with van der Waals surface area (Å²) in [4.78, 5) is 11.0. The van der Waals surface area contributed by atoms with Crippen LogP contribution in [-0.2, 0) is 0 Å². The molecule has 18 heavy (non-hydrogen) atoms. The molecule has 0 spiro atoms. The van der Waals surface area contributed by atoms with Crippen LogP contribution >= 0.6 is 0 Å². The van der Waals surface area contributed by atoms with E-state index in [2.05, 4.69) is 13.8 Å². The summed E-state index contributed by atoms with van der Waals surface area (Å²) >= 11 is 0. The largest absolute Gasteiger partial charge is 0.388 e. The summed E-state index contributed by atoms with van der Waals surface area (Å²) in [5.41, 5.74) is 1.58. The van der Waals surface area contributed by atoms with E-state index in [0.717, 1.165) is 29.0 Å². The molecule has 0 bridgehead atoms. The quantitative estimate of drug-likeness (QED) is 0.829. The maximum Gasteiger partial charge on any atom is 0.150 e. The molecular weight excluding hydrogens is 224 g/mol. The Hall–Kier alpha value is -1.67. The molecule has 0 aliphatic carbocycles. The van der Waals surface area contributed by atoms with E-state index in [-0.39, 0.29) is 0 Å². The number of rotatable bonds is 4. The van der Waals surface area contributed by atoms with E-state index in [0.29, 0.717) is 11.5 Å². The lowest BCUT2D eigenvalue weighted by molar-refractivity contribution is 0.112. The molecular formula is C16H18O2. The number of benzene rings is 2. The average Bonchev–Trinajstić information content (AvgIpc) is 2.36. The first-order valence-corrected chi connectivity index (χ1v) is 6.28. The number of aliphatic hydroxyl groups excluding tert-OH is 1. The maximum absolute atomic E-state index is 11.0. The smallest absolute Gasteiger partial charge is 0.150 e. The first-order valence-electron chi connectivity index (χ1n) is 6.28. The Balaban J connectivity index is 2.55. The Labute approximate surface area is 107 Å². The minimum atomic E-state index is -0.476. The van der Waals surface area contributed by atoms with Gasteiger partial charge in [-0.15, -0.1) is 0 Å². The molecule has 0 aliphatic heterocycles. The second-order valence-corrected chi connectivity index (χ2v) is 5.05. The number of hydrogen-bond acceptors (Lipinski definition) is 2. The topological polar surface area (TPSA) is 37.3 Å². The molecule has 1 N–H and O–H groups in total. The second-order valence-electron chi connectivity index (χ2n) is 5.05. The van der Waals surface area contributed by atoms with E-state index < -0.39 is 6.10 Å². The van der Waals surface area contributed by atoms with Crippen molar-refractivity contribution < 1.29 is 9.90 Å². The lowest BCUT2D eigenvalue weighted by Crippen LogP contribution is -2.03. The molecule has 2 aromatic carbocycles. The molecule has 1 atom stereocenters. The van der Waals surface area contributed by atoms with Crippen molar-refractivity contribution in [3.05, 3.63) is 47.5 Å².